The van der Waals surface area contributed by atoms with Crippen molar-refractivity contribution in [3.05, 3.63) is 11.7 Å². The van der Waals surface area contributed by atoms with Gasteiger partial charge in [-0.2, -0.15) is 4.98 Å². The van der Waals surface area contributed by atoms with Gasteiger partial charge in [0.05, 0.1) is 6.04 Å². The number of amides is 3. The lowest BCUT2D eigenvalue weighted by Crippen LogP contribution is -2.49. The first-order valence-electron chi connectivity index (χ1n) is 8.10. The molecule has 8 nitrogen and oxygen atoms in total. The molecule has 0 bridgehead atoms. The first-order valence-corrected chi connectivity index (χ1v) is 8.10. The van der Waals surface area contributed by atoms with Crippen LogP contribution in [0.2, 0.25) is 0 Å². The van der Waals surface area contributed by atoms with Crippen molar-refractivity contribution in [1.82, 2.24) is 25.3 Å². The van der Waals surface area contributed by atoms with Crippen LogP contribution in [-0.2, 0) is 11.2 Å². The Bertz CT molecular complexity index is 628. The van der Waals surface area contributed by atoms with E-state index in [1.807, 2.05) is 27.7 Å². The van der Waals surface area contributed by atoms with Gasteiger partial charge in [-0.1, -0.05) is 12.1 Å². The Morgan fingerprint density at radius 3 is 2.65 bits per heavy atom. The van der Waals surface area contributed by atoms with Gasteiger partial charge in [0.1, 0.15) is 5.54 Å². The van der Waals surface area contributed by atoms with E-state index < -0.39 is 5.54 Å². The van der Waals surface area contributed by atoms with Gasteiger partial charge >= 0.3 is 6.03 Å². The van der Waals surface area contributed by atoms with Gasteiger partial charge in [-0.25, -0.2) is 4.79 Å². The predicted molar refractivity (Wildman–Crippen MR) is 81.5 cm³/mol. The lowest BCUT2D eigenvalue weighted by Gasteiger charge is -2.25. The van der Waals surface area contributed by atoms with Crippen molar-refractivity contribution >= 4 is 11.9 Å². The molecular formula is C15H23N5O3. The lowest BCUT2D eigenvalue weighted by atomic mass is 9.98. The van der Waals surface area contributed by atoms with E-state index in [0.29, 0.717) is 31.2 Å². The smallest absolute Gasteiger partial charge is 0.325 e. The minimum Gasteiger partial charge on any atom is -0.338 e. The molecule has 0 radical (unpaired) electrons. The van der Waals surface area contributed by atoms with E-state index in [1.54, 1.807) is 0 Å². The maximum absolute atomic E-state index is 12.7. The van der Waals surface area contributed by atoms with Gasteiger partial charge in [-0.05, 0) is 27.2 Å². The third-order valence-corrected chi connectivity index (χ3v) is 4.71. The number of carbonyl (C=O) groups excluding carboxylic acids is 2. The predicted octanol–water partition coefficient (Wildman–Crippen LogP) is 1.10. The molecule has 3 amide bonds. The summed E-state index contributed by atoms with van der Waals surface area (Å²) in [4.78, 5) is 32.6. The molecule has 2 fully saturated rings. The van der Waals surface area contributed by atoms with Crippen molar-refractivity contribution in [1.29, 1.82) is 0 Å². The molecule has 1 aromatic rings. The molecule has 1 aromatic heterocycles. The van der Waals surface area contributed by atoms with E-state index >= 15 is 0 Å². The number of rotatable bonds is 4. The molecule has 23 heavy (non-hydrogen) atoms. The highest BCUT2D eigenvalue weighted by molar-refractivity contribution is 6.07. The van der Waals surface area contributed by atoms with Crippen LogP contribution in [0.1, 0.15) is 51.9 Å². The number of carbonyl (C=O) groups is 2. The average Bonchev–Trinajstić information content (AvgIpc) is 3.18. The topological polar surface area (TPSA) is 91.6 Å². The lowest BCUT2D eigenvalue weighted by molar-refractivity contribution is -0.132. The standard InChI is InChI=1S/C15H23N5O3/c1-5-11-16-12(23-18-11)10(4)19-7-6-15(8-19)13(21)20(9(2)3)14(22)17-15/h9-10H,5-8H2,1-4H3,(H,17,22)/t10-,15+/m1/s1. The molecular weight excluding hydrogens is 298 g/mol. The number of aryl methyl sites for hydroxylation is 1. The molecule has 2 atom stereocenters. The Labute approximate surface area is 135 Å². The molecule has 0 saturated carbocycles. The van der Waals surface area contributed by atoms with Crippen LogP contribution in [0.4, 0.5) is 4.79 Å². The van der Waals surface area contributed by atoms with Crippen molar-refractivity contribution in [2.45, 2.75) is 58.2 Å². The van der Waals surface area contributed by atoms with Crippen molar-refractivity contribution in [2.24, 2.45) is 0 Å². The molecule has 0 unspecified atom stereocenters. The van der Waals surface area contributed by atoms with E-state index in [0.717, 1.165) is 6.42 Å². The summed E-state index contributed by atoms with van der Waals surface area (Å²) in [6.07, 6.45) is 1.32. The van der Waals surface area contributed by atoms with Gasteiger partial charge < -0.3 is 9.84 Å². The van der Waals surface area contributed by atoms with Crippen molar-refractivity contribution in [3.8, 4) is 0 Å². The fraction of sp³-hybridized carbons (Fsp3) is 0.733. The van der Waals surface area contributed by atoms with Crippen molar-refractivity contribution in [3.63, 3.8) is 0 Å². The number of nitrogens with zero attached hydrogens (tertiary/aromatic N) is 4. The largest absolute Gasteiger partial charge is 0.338 e. The minimum atomic E-state index is -0.816. The molecule has 126 valence electrons. The number of hydrogen-bond donors (Lipinski definition) is 1. The van der Waals surface area contributed by atoms with Crippen molar-refractivity contribution < 1.29 is 14.1 Å². The minimum absolute atomic E-state index is 0.0834. The third-order valence-electron chi connectivity index (χ3n) is 4.71. The Morgan fingerprint density at radius 2 is 2.09 bits per heavy atom. The van der Waals surface area contributed by atoms with Crippen LogP contribution in [-0.4, -0.2) is 56.5 Å². The number of hydrogen-bond acceptors (Lipinski definition) is 6. The third kappa shape index (κ3) is 2.50. The van der Waals surface area contributed by atoms with Crippen LogP contribution in [0.15, 0.2) is 4.52 Å². The van der Waals surface area contributed by atoms with Crippen LogP contribution >= 0.6 is 0 Å². The molecule has 0 aliphatic carbocycles. The molecule has 2 aliphatic heterocycles. The summed E-state index contributed by atoms with van der Waals surface area (Å²) >= 11 is 0. The zero-order valence-corrected chi connectivity index (χ0v) is 14.0. The Morgan fingerprint density at radius 1 is 1.35 bits per heavy atom. The van der Waals surface area contributed by atoms with E-state index in [9.17, 15) is 9.59 Å². The number of likely N-dealkylation sites (tertiary alicyclic amines) is 1. The second-order valence-electron chi connectivity index (χ2n) is 6.58. The van der Waals surface area contributed by atoms with Gasteiger partial charge in [0.15, 0.2) is 5.82 Å². The SMILES string of the molecule is CCc1noc([C@@H](C)N2CC[C@@]3(C2)NC(=O)N(C(C)C)C3=O)n1. The van der Waals surface area contributed by atoms with Gasteiger partial charge in [-0.3, -0.25) is 14.6 Å². The second kappa shape index (κ2) is 5.59. The molecule has 1 spiro atoms. The molecule has 2 saturated heterocycles. The highest BCUT2D eigenvalue weighted by Gasteiger charge is 2.56. The van der Waals surface area contributed by atoms with Crippen LogP contribution in [0.5, 0.6) is 0 Å². The first kappa shape index (κ1) is 15.9. The molecule has 3 rings (SSSR count). The number of nitrogens with one attached hydrogen (secondary N) is 1. The fourth-order valence-corrected chi connectivity index (χ4v) is 3.29. The zero-order chi connectivity index (χ0) is 16.8. The van der Waals surface area contributed by atoms with Gasteiger partial charge in [0.2, 0.25) is 5.89 Å². The summed E-state index contributed by atoms with van der Waals surface area (Å²) in [5, 5.41) is 6.81. The molecule has 8 heteroatoms. The Kier molecular flexibility index (Phi) is 3.87. The summed E-state index contributed by atoms with van der Waals surface area (Å²) in [5.41, 5.74) is -0.816. The van der Waals surface area contributed by atoms with E-state index in [1.165, 1.54) is 4.90 Å². The summed E-state index contributed by atoms with van der Waals surface area (Å²) < 4.78 is 5.30. The van der Waals surface area contributed by atoms with Crippen LogP contribution in [0.3, 0.4) is 0 Å². The van der Waals surface area contributed by atoms with Crippen LogP contribution in [0.25, 0.3) is 0 Å². The van der Waals surface area contributed by atoms with Crippen LogP contribution < -0.4 is 5.32 Å². The molecule has 2 aliphatic rings. The van der Waals surface area contributed by atoms with Gasteiger partial charge in [-0.15, -0.1) is 0 Å². The second-order valence-corrected chi connectivity index (χ2v) is 6.58. The van der Waals surface area contributed by atoms with E-state index in [-0.39, 0.29) is 24.0 Å². The van der Waals surface area contributed by atoms with E-state index in [4.69, 9.17) is 4.52 Å². The van der Waals surface area contributed by atoms with E-state index in [2.05, 4.69) is 20.4 Å². The molecule has 0 aromatic carbocycles. The van der Waals surface area contributed by atoms with Crippen molar-refractivity contribution in [2.75, 3.05) is 13.1 Å². The maximum Gasteiger partial charge on any atom is 0.325 e. The van der Waals surface area contributed by atoms with Gasteiger partial charge in [0, 0.05) is 25.6 Å². The number of urea groups is 1. The number of aromatic nitrogens is 2. The first-order chi connectivity index (χ1) is 10.9. The summed E-state index contributed by atoms with van der Waals surface area (Å²) in [7, 11) is 0. The fourth-order valence-electron chi connectivity index (χ4n) is 3.29. The monoisotopic (exact) mass is 321 g/mol. The number of imide groups is 1. The zero-order valence-electron chi connectivity index (χ0n) is 14.0. The summed E-state index contributed by atoms with van der Waals surface area (Å²) in [6.45, 7) is 8.80. The quantitative estimate of drug-likeness (QED) is 0.835. The summed E-state index contributed by atoms with van der Waals surface area (Å²) in [5.74, 6) is 1.10. The average molecular weight is 321 g/mol. The van der Waals surface area contributed by atoms with Crippen LogP contribution in [0, 0.1) is 0 Å². The molecule has 3 heterocycles. The normalized spacial score (nSPS) is 26.6. The Hall–Kier alpha value is -1.96. The molecule has 1 N–H and O–H groups in total. The summed E-state index contributed by atoms with van der Waals surface area (Å²) in [6, 6.07) is -0.526. The maximum atomic E-state index is 12.7. The Balaban J connectivity index is 1.75. The van der Waals surface area contributed by atoms with Gasteiger partial charge in [0.25, 0.3) is 5.91 Å². The highest BCUT2D eigenvalue weighted by atomic mass is 16.5. The highest BCUT2D eigenvalue weighted by Crippen LogP contribution is 2.34.